The highest BCUT2D eigenvalue weighted by Gasteiger charge is 2.19. The highest BCUT2D eigenvalue weighted by Crippen LogP contribution is 2.03. The fourth-order valence-corrected chi connectivity index (χ4v) is 2.29. The number of nitrogens with two attached hydrogens (primary N) is 2. The van der Waals surface area contributed by atoms with Crippen molar-refractivity contribution in [3.05, 3.63) is 65.9 Å². The Hall–Kier alpha value is -2.61. The molecule has 29 heavy (non-hydrogen) atoms. The number of aromatic nitrogens is 1. The highest BCUT2D eigenvalue weighted by atomic mass is 35.5. The Morgan fingerprint density at radius 3 is 2.41 bits per heavy atom. The monoisotopic (exact) mass is 439 g/mol. The fraction of sp³-hybridized carbons (Fsp3) is 0.250. The first-order valence-corrected chi connectivity index (χ1v) is 8.71. The van der Waals surface area contributed by atoms with Gasteiger partial charge in [-0.25, -0.2) is 4.98 Å². The van der Waals surface area contributed by atoms with Crippen LogP contribution in [0.5, 0.6) is 0 Å². The lowest BCUT2D eigenvalue weighted by Gasteiger charge is -2.16. The average Bonchev–Trinajstić information content (AvgIpc) is 2.67. The van der Waals surface area contributed by atoms with Crippen molar-refractivity contribution in [2.75, 3.05) is 5.73 Å². The van der Waals surface area contributed by atoms with Gasteiger partial charge in [0.1, 0.15) is 11.9 Å². The summed E-state index contributed by atoms with van der Waals surface area (Å²) in [6.45, 7) is 1.92. The minimum absolute atomic E-state index is 0. The van der Waals surface area contributed by atoms with Crippen molar-refractivity contribution < 1.29 is 9.59 Å². The second-order valence-electron chi connectivity index (χ2n) is 6.19. The van der Waals surface area contributed by atoms with E-state index in [-0.39, 0.29) is 36.6 Å². The third-order valence-corrected chi connectivity index (χ3v) is 3.90. The number of amides is 2. The minimum atomic E-state index is -0.721. The molecule has 0 radical (unpaired) electrons. The summed E-state index contributed by atoms with van der Waals surface area (Å²) < 4.78 is 0. The van der Waals surface area contributed by atoms with E-state index >= 15 is 0 Å². The van der Waals surface area contributed by atoms with Crippen molar-refractivity contribution >= 4 is 48.5 Å². The van der Waals surface area contributed by atoms with Crippen LogP contribution in [-0.4, -0.2) is 28.9 Å². The molecule has 1 aromatic heterocycles. The second kappa shape index (κ2) is 13.5. The van der Waals surface area contributed by atoms with Gasteiger partial charge >= 0.3 is 0 Å². The number of rotatable bonds is 8. The first-order chi connectivity index (χ1) is 13.0. The van der Waals surface area contributed by atoms with Crippen LogP contribution in [0.3, 0.4) is 0 Å². The van der Waals surface area contributed by atoms with Crippen LogP contribution in [0.25, 0.3) is 6.08 Å². The van der Waals surface area contributed by atoms with Gasteiger partial charge in [0.15, 0.2) is 0 Å². The van der Waals surface area contributed by atoms with Crippen LogP contribution in [0.1, 0.15) is 24.5 Å². The molecular weight excluding hydrogens is 413 g/mol. The lowest BCUT2D eigenvalue weighted by atomic mass is 10.1. The first-order valence-electron chi connectivity index (χ1n) is 8.71. The van der Waals surface area contributed by atoms with Crippen LogP contribution < -0.4 is 22.1 Å². The summed E-state index contributed by atoms with van der Waals surface area (Å²) in [4.78, 5) is 28.2. The molecule has 6 N–H and O–H groups in total. The molecule has 158 valence electrons. The number of carbonyl (C=O) groups is 2. The van der Waals surface area contributed by atoms with Gasteiger partial charge in [0.05, 0.1) is 6.04 Å². The predicted octanol–water partition coefficient (Wildman–Crippen LogP) is 2.06. The summed E-state index contributed by atoms with van der Waals surface area (Å²) in [6.07, 6.45) is 5.72. The van der Waals surface area contributed by atoms with E-state index in [2.05, 4.69) is 15.6 Å². The van der Waals surface area contributed by atoms with Gasteiger partial charge in [-0.15, -0.1) is 24.8 Å². The number of pyridine rings is 1. The van der Waals surface area contributed by atoms with Crippen molar-refractivity contribution in [2.24, 2.45) is 5.73 Å². The standard InChI is InChI=1S/C20H25N5O2.2ClH/c1-14(19(26)24-13-16-10-11-18(22)23-12-16)25-20(27)17(21)9-5-8-15-6-3-2-4-7-15;;/h2-8,10-12,14,17H,9,13,21H2,1H3,(H2,22,23)(H,24,26)(H,25,27);2*1H/b8-5+;;. The van der Waals surface area contributed by atoms with Crippen molar-refractivity contribution in [3.8, 4) is 0 Å². The normalized spacial score (nSPS) is 12.2. The summed E-state index contributed by atoms with van der Waals surface area (Å²) in [6, 6.07) is 11.8. The molecule has 0 saturated carbocycles. The molecular formula is C20H27Cl2N5O2. The molecule has 1 aromatic carbocycles. The van der Waals surface area contributed by atoms with Gasteiger partial charge < -0.3 is 22.1 Å². The Morgan fingerprint density at radius 2 is 1.79 bits per heavy atom. The molecule has 2 amide bonds. The van der Waals surface area contributed by atoms with E-state index in [0.29, 0.717) is 18.8 Å². The van der Waals surface area contributed by atoms with Crippen LogP contribution in [0.4, 0.5) is 5.82 Å². The average molecular weight is 440 g/mol. The molecule has 9 heteroatoms. The molecule has 0 aliphatic heterocycles. The van der Waals surface area contributed by atoms with Crippen molar-refractivity contribution in [1.82, 2.24) is 15.6 Å². The molecule has 0 aliphatic carbocycles. The number of benzene rings is 1. The molecule has 0 saturated heterocycles. The molecule has 0 spiro atoms. The number of carbonyl (C=O) groups excluding carboxylic acids is 2. The van der Waals surface area contributed by atoms with Gasteiger partial charge in [-0.3, -0.25) is 9.59 Å². The van der Waals surface area contributed by atoms with Crippen molar-refractivity contribution in [2.45, 2.75) is 32.0 Å². The van der Waals surface area contributed by atoms with Crippen LogP contribution in [0.15, 0.2) is 54.7 Å². The van der Waals surface area contributed by atoms with Gasteiger partial charge in [-0.05, 0) is 30.5 Å². The lowest BCUT2D eigenvalue weighted by molar-refractivity contribution is -0.129. The molecule has 2 unspecified atom stereocenters. The van der Waals surface area contributed by atoms with Gasteiger partial charge in [0.2, 0.25) is 11.8 Å². The zero-order valence-electron chi connectivity index (χ0n) is 16.1. The SMILES string of the molecule is CC(NC(=O)C(N)C/C=C/c1ccccc1)C(=O)NCc1ccc(N)nc1.Cl.Cl. The Labute approximate surface area is 183 Å². The molecule has 0 bridgehead atoms. The smallest absolute Gasteiger partial charge is 0.242 e. The zero-order valence-corrected chi connectivity index (χ0v) is 17.7. The number of halogens is 2. The lowest BCUT2D eigenvalue weighted by Crippen LogP contribution is -2.50. The van der Waals surface area contributed by atoms with Crippen LogP contribution in [0, 0.1) is 0 Å². The molecule has 2 rings (SSSR count). The van der Waals surface area contributed by atoms with E-state index in [1.165, 1.54) is 0 Å². The van der Waals surface area contributed by atoms with Crippen LogP contribution in [-0.2, 0) is 16.1 Å². The maximum absolute atomic E-state index is 12.1. The van der Waals surface area contributed by atoms with E-state index in [1.807, 2.05) is 42.5 Å². The number of nitrogen functional groups attached to an aromatic ring is 1. The molecule has 1 heterocycles. The third kappa shape index (κ3) is 9.43. The largest absolute Gasteiger partial charge is 0.384 e. The Balaban J connectivity index is 0.00000392. The van der Waals surface area contributed by atoms with Crippen LogP contribution in [0.2, 0.25) is 0 Å². The van der Waals surface area contributed by atoms with Gasteiger partial charge in [0.25, 0.3) is 0 Å². The number of nitrogens with one attached hydrogen (secondary N) is 2. The minimum Gasteiger partial charge on any atom is -0.384 e. The third-order valence-electron chi connectivity index (χ3n) is 3.90. The molecule has 7 nitrogen and oxygen atoms in total. The number of nitrogens with zero attached hydrogens (tertiary/aromatic N) is 1. The topological polar surface area (TPSA) is 123 Å². The van der Waals surface area contributed by atoms with Gasteiger partial charge in [-0.2, -0.15) is 0 Å². The molecule has 2 atom stereocenters. The molecule has 0 aliphatic rings. The van der Waals surface area contributed by atoms with Crippen molar-refractivity contribution in [3.63, 3.8) is 0 Å². The van der Waals surface area contributed by atoms with E-state index in [0.717, 1.165) is 11.1 Å². The molecule has 0 fully saturated rings. The second-order valence-corrected chi connectivity index (χ2v) is 6.19. The zero-order chi connectivity index (χ0) is 19.6. The quantitative estimate of drug-likeness (QED) is 0.501. The number of hydrogen-bond acceptors (Lipinski definition) is 5. The fourth-order valence-electron chi connectivity index (χ4n) is 2.29. The summed E-state index contributed by atoms with van der Waals surface area (Å²) in [5.41, 5.74) is 13.3. The summed E-state index contributed by atoms with van der Waals surface area (Å²) in [5.74, 6) is -0.252. The van der Waals surface area contributed by atoms with E-state index < -0.39 is 12.1 Å². The Bertz CT molecular complexity index is 785. The van der Waals surface area contributed by atoms with Gasteiger partial charge in [-0.1, -0.05) is 48.6 Å². The number of anilines is 1. The van der Waals surface area contributed by atoms with Gasteiger partial charge in [0, 0.05) is 12.7 Å². The summed E-state index contributed by atoms with van der Waals surface area (Å²) in [5, 5.41) is 5.37. The molecule has 2 aromatic rings. The van der Waals surface area contributed by atoms with E-state index in [9.17, 15) is 9.59 Å². The van der Waals surface area contributed by atoms with E-state index in [1.54, 1.807) is 25.3 Å². The Kier molecular flexibility index (Phi) is 12.3. The maximum atomic E-state index is 12.1. The maximum Gasteiger partial charge on any atom is 0.242 e. The van der Waals surface area contributed by atoms with Crippen molar-refractivity contribution in [1.29, 1.82) is 0 Å². The Morgan fingerprint density at radius 1 is 1.10 bits per heavy atom. The number of hydrogen-bond donors (Lipinski definition) is 4. The summed E-state index contributed by atoms with van der Waals surface area (Å²) in [7, 11) is 0. The predicted molar refractivity (Wildman–Crippen MR) is 121 cm³/mol. The highest BCUT2D eigenvalue weighted by molar-refractivity contribution is 5.89. The first kappa shape index (κ1) is 26.4. The van der Waals surface area contributed by atoms with E-state index in [4.69, 9.17) is 11.5 Å². The van der Waals surface area contributed by atoms with Crippen LogP contribution >= 0.6 is 24.8 Å². The summed E-state index contributed by atoms with van der Waals surface area (Å²) >= 11 is 0.